The van der Waals surface area contributed by atoms with Crippen molar-refractivity contribution >= 4 is 27.5 Å². The molecule has 1 aromatic heterocycles. The summed E-state index contributed by atoms with van der Waals surface area (Å²) in [6, 6.07) is 7.11. The minimum Gasteiger partial charge on any atom is -0.383 e. The average Bonchev–Trinajstić information content (AvgIpc) is 2.40. The van der Waals surface area contributed by atoms with Crippen molar-refractivity contribution in [3.05, 3.63) is 54.7 Å². The number of halogens is 2. The molecule has 0 bridgehead atoms. The van der Waals surface area contributed by atoms with Crippen molar-refractivity contribution in [1.29, 1.82) is 0 Å². The van der Waals surface area contributed by atoms with Crippen LogP contribution in [0.1, 0.15) is 0 Å². The van der Waals surface area contributed by atoms with Crippen LogP contribution in [0, 0.1) is 0 Å². The van der Waals surface area contributed by atoms with E-state index in [0.717, 1.165) is 9.04 Å². The quantitative estimate of drug-likeness (QED) is 0.852. The molecule has 0 amide bonds. The molecule has 1 heterocycles. The molecule has 2 rings (SSSR count). The van der Waals surface area contributed by atoms with Gasteiger partial charge in [0.25, 0.3) is 5.56 Å². The van der Waals surface area contributed by atoms with Crippen LogP contribution in [0.25, 0.3) is 11.1 Å². The second kappa shape index (κ2) is 6.39. The first-order valence-corrected chi connectivity index (χ1v) is 6.99. The number of aromatic nitrogens is 2. The molecule has 2 aromatic rings. The third-order valence-corrected chi connectivity index (χ3v) is 3.60. The fourth-order valence-electron chi connectivity index (χ4n) is 1.80. The number of nitrogens with one attached hydrogen (secondary N) is 1. The van der Waals surface area contributed by atoms with Crippen molar-refractivity contribution in [3.8, 4) is 11.1 Å². The number of ether oxygens (including phenoxy) is 1. The molecule has 106 valence electrons. The van der Waals surface area contributed by atoms with E-state index in [4.69, 9.17) is 16.3 Å². The monoisotopic (exact) mass is 358 g/mol. The summed E-state index contributed by atoms with van der Waals surface area (Å²) >= 11 is 9.33. The van der Waals surface area contributed by atoms with E-state index in [1.165, 1.54) is 7.11 Å². The molecule has 0 unspecified atom stereocenters. The maximum Gasteiger partial charge on any atom is 0.329 e. The lowest BCUT2D eigenvalue weighted by Crippen LogP contribution is -2.37. The van der Waals surface area contributed by atoms with Crippen LogP contribution in [0.3, 0.4) is 0 Å². The zero-order valence-electron chi connectivity index (χ0n) is 10.7. The van der Waals surface area contributed by atoms with Crippen LogP contribution >= 0.6 is 27.5 Å². The lowest BCUT2D eigenvalue weighted by Gasteiger charge is -2.09. The fourth-order valence-corrected chi connectivity index (χ4v) is 2.33. The van der Waals surface area contributed by atoms with E-state index in [-0.39, 0.29) is 23.9 Å². The maximum atomic E-state index is 12.4. The number of H-pyrrole nitrogens is 1. The van der Waals surface area contributed by atoms with Crippen LogP contribution in [0.15, 0.2) is 38.3 Å². The van der Waals surface area contributed by atoms with Crippen LogP contribution in [-0.4, -0.2) is 23.3 Å². The molecule has 0 aliphatic rings. The summed E-state index contributed by atoms with van der Waals surface area (Å²) in [4.78, 5) is 26.6. The van der Waals surface area contributed by atoms with E-state index in [0.29, 0.717) is 5.56 Å². The lowest BCUT2D eigenvalue weighted by molar-refractivity contribution is 0.185. The summed E-state index contributed by atoms with van der Waals surface area (Å²) in [5, 5.41) is 0.0380. The Morgan fingerprint density at radius 3 is 2.55 bits per heavy atom. The maximum absolute atomic E-state index is 12.4. The van der Waals surface area contributed by atoms with Crippen molar-refractivity contribution in [2.45, 2.75) is 6.54 Å². The molecule has 5 nitrogen and oxygen atoms in total. The van der Waals surface area contributed by atoms with Crippen LogP contribution in [0.4, 0.5) is 0 Å². The Kier molecular flexibility index (Phi) is 4.80. The van der Waals surface area contributed by atoms with E-state index in [2.05, 4.69) is 20.9 Å². The predicted octanol–water partition coefficient (Wildman–Crippen LogP) is 2.27. The molecule has 20 heavy (non-hydrogen) atoms. The molecule has 0 aliphatic heterocycles. The van der Waals surface area contributed by atoms with Crippen molar-refractivity contribution < 1.29 is 4.74 Å². The molecule has 0 spiro atoms. The molecule has 0 aliphatic carbocycles. The molecule has 0 atom stereocenters. The summed E-state index contributed by atoms with van der Waals surface area (Å²) < 4.78 is 6.86. The zero-order chi connectivity index (χ0) is 14.7. The summed E-state index contributed by atoms with van der Waals surface area (Å²) in [7, 11) is 1.50. The summed E-state index contributed by atoms with van der Waals surface area (Å²) in [5.74, 6) is 0. The summed E-state index contributed by atoms with van der Waals surface area (Å²) in [6.07, 6.45) is 0. The average molecular weight is 360 g/mol. The Labute approximate surface area is 128 Å². The van der Waals surface area contributed by atoms with Gasteiger partial charge in [0.05, 0.1) is 18.7 Å². The minimum atomic E-state index is -0.544. The summed E-state index contributed by atoms with van der Waals surface area (Å²) in [6.45, 7) is 0.440. The van der Waals surface area contributed by atoms with Gasteiger partial charge in [-0.2, -0.15) is 0 Å². The second-order valence-corrected chi connectivity index (χ2v) is 5.37. The summed E-state index contributed by atoms with van der Waals surface area (Å²) in [5.41, 5.74) is -0.0588. The second-order valence-electron chi connectivity index (χ2n) is 4.08. The highest BCUT2D eigenvalue weighted by atomic mass is 79.9. The number of rotatable bonds is 4. The SMILES string of the molecule is COCCn1c(=O)[nH]c(Cl)c(-c2ccc(Br)cc2)c1=O. The third-order valence-electron chi connectivity index (χ3n) is 2.79. The molecular formula is C13H12BrClN2O3. The lowest BCUT2D eigenvalue weighted by atomic mass is 10.1. The number of nitrogens with zero attached hydrogens (tertiary/aromatic N) is 1. The van der Waals surface area contributed by atoms with Gasteiger partial charge in [0.2, 0.25) is 0 Å². The van der Waals surface area contributed by atoms with Gasteiger partial charge in [0.1, 0.15) is 5.15 Å². The van der Waals surface area contributed by atoms with Gasteiger partial charge in [-0.25, -0.2) is 4.79 Å². The Bertz CT molecular complexity index is 722. The van der Waals surface area contributed by atoms with Crippen molar-refractivity contribution in [1.82, 2.24) is 9.55 Å². The topological polar surface area (TPSA) is 64.1 Å². The highest BCUT2D eigenvalue weighted by molar-refractivity contribution is 9.10. The van der Waals surface area contributed by atoms with Gasteiger partial charge in [0.15, 0.2) is 0 Å². The molecule has 1 aromatic carbocycles. The first-order chi connectivity index (χ1) is 9.54. The fraction of sp³-hybridized carbons (Fsp3) is 0.231. The van der Waals surface area contributed by atoms with Gasteiger partial charge >= 0.3 is 5.69 Å². The molecule has 0 radical (unpaired) electrons. The minimum absolute atomic E-state index is 0.0380. The smallest absolute Gasteiger partial charge is 0.329 e. The van der Waals surface area contributed by atoms with Gasteiger partial charge < -0.3 is 4.74 Å². The molecule has 0 saturated heterocycles. The standard InChI is InChI=1S/C13H12BrClN2O3/c1-20-7-6-17-12(18)10(11(15)16-13(17)19)8-2-4-9(14)5-3-8/h2-5H,6-7H2,1H3,(H,16,19). The van der Waals surface area contributed by atoms with Crippen molar-refractivity contribution in [3.63, 3.8) is 0 Å². The van der Waals surface area contributed by atoms with Gasteiger partial charge in [-0.15, -0.1) is 0 Å². The van der Waals surface area contributed by atoms with Gasteiger partial charge in [-0.3, -0.25) is 14.3 Å². The van der Waals surface area contributed by atoms with Gasteiger partial charge in [-0.1, -0.05) is 39.7 Å². The largest absolute Gasteiger partial charge is 0.383 e. The highest BCUT2D eigenvalue weighted by Crippen LogP contribution is 2.23. The first-order valence-electron chi connectivity index (χ1n) is 5.82. The number of benzene rings is 1. The van der Waals surface area contributed by atoms with Crippen LogP contribution in [0.5, 0.6) is 0 Å². The van der Waals surface area contributed by atoms with Crippen molar-refractivity contribution in [2.24, 2.45) is 0 Å². The van der Waals surface area contributed by atoms with Crippen molar-refractivity contribution in [2.75, 3.05) is 13.7 Å². The third kappa shape index (κ3) is 3.03. The van der Waals surface area contributed by atoms with E-state index >= 15 is 0 Å². The van der Waals surface area contributed by atoms with Crippen LogP contribution in [0.2, 0.25) is 5.15 Å². The van der Waals surface area contributed by atoms with E-state index in [9.17, 15) is 9.59 Å². The first kappa shape index (κ1) is 15.0. The molecule has 0 saturated carbocycles. The molecule has 7 heteroatoms. The van der Waals surface area contributed by atoms with Crippen LogP contribution in [-0.2, 0) is 11.3 Å². The number of methoxy groups -OCH3 is 1. The Hall–Kier alpha value is -1.37. The highest BCUT2D eigenvalue weighted by Gasteiger charge is 2.14. The van der Waals surface area contributed by atoms with Gasteiger partial charge in [0, 0.05) is 11.6 Å². The number of hydrogen-bond acceptors (Lipinski definition) is 3. The predicted molar refractivity (Wildman–Crippen MR) is 81.3 cm³/mol. The van der Waals surface area contributed by atoms with E-state index in [1.54, 1.807) is 24.3 Å². The zero-order valence-corrected chi connectivity index (χ0v) is 13.0. The molecular weight excluding hydrogens is 348 g/mol. The Balaban J connectivity index is 2.61. The number of aromatic amines is 1. The molecule has 0 fully saturated rings. The Morgan fingerprint density at radius 2 is 1.95 bits per heavy atom. The van der Waals surface area contributed by atoms with Gasteiger partial charge in [-0.05, 0) is 17.7 Å². The Morgan fingerprint density at radius 1 is 1.30 bits per heavy atom. The van der Waals surface area contributed by atoms with E-state index in [1.807, 2.05) is 0 Å². The van der Waals surface area contributed by atoms with Crippen LogP contribution < -0.4 is 11.2 Å². The molecule has 1 N–H and O–H groups in total. The van der Waals surface area contributed by atoms with E-state index < -0.39 is 11.2 Å². The number of hydrogen-bond donors (Lipinski definition) is 1. The normalized spacial score (nSPS) is 10.8.